The molecule has 5 heavy (non-hydrogen) atoms. The van der Waals surface area contributed by atoms with Gasteiger partial charge in [-0.05, 0) is 0 Å². The number of hydrogen-bond acceptors (Lipinski definition) is 1. The van der Waals surface area contributed by atoms with Crippen LogP contribution in [0.2, 0.25) is 0 Å². The SMILES string of the molecule is O=S(O)O.[HH].[Na]. The van der Waals surface area contributed by atoms with E-state index in [1.54, 1.807) is 0 Å². The first-order valence-corrected chi connectivity index (χ1v) is 1.60. The molecular formula is H4NaO3S. The summed E-state index contributed by atoms with van der Waals surface area (Å²) in [7, 11) is 0. The minimum Gasteiger partial charge on any atom is -0.284 e. The number of hydrogen-bond donors (Lipinski definition) is 2. The Bertz CT molecular complexity index is 33.8. The van der Waals surface area contributed by atoms with Crippen molar-refractivity contribution in [3.05, 3.63) is 0 Å². The van der Waals surface area contributed by atoms with E-state index in [4.69, 9.17) is 13.3 Å². The van der Waals surface area contributed by atoms with E-state index in [0.717, 1.165) is 0 Å². The van der Waals surface area contributed by atoms with Gasteiger partial charge in [0.1, 0.15) is 0 Å². The second-order valence-electron chi connectivity index (χ2n) is 0.231. The second-order valence-corrected chi connectivity index (χ2v) is 0.692. The van der Waals surface area contributed by atoms with Gasteiger partial charge >= 0.3 is 0 Å². The third kappa shape index (κ3) is 41.7. The Kier molecular flexibility index (Phi) is 9.55. The van der Waals surface area contributed by atoms with Gasteiger partial charge in [-0.2, -0.15) is 4.21 Å². The molecule has 0 aliphatic carbocycles. The molecule has 2 N–H and O–H groups in total. The molecule has 0 aliphatic rings. The van der Waals surface area contributed by atoms with Crippen molar-refractivity contribution in [1.29, 1.82) is 0 Å². The predicted molar refractivity (Wildman–Crippen MR) is 21.3 cm³/mol. The van der Waals surface area contributed by atoms with E-state index in [1.165, 1.54) is 0 Å². The average molecular weight is 107 g/mol. The van der Waals surface area contributed by atoms with E-state index in [-0.39, 0.29) is 31.0 Å². The van der Waals surface area contributed by atoms with Crippen LogP contribution >= 0.6 is 0 Å². The van der Waals surface area contributed by atoms with Crippen molar-refractivity contribution in [2.75, 3.05) is 0 Å². The van der Waals surface area contributed by atoms with Crippen LogP contribution in [0.25, 0.3) is 0 Å². The standard InChI is InChI=1S/Na.H2O3S.H2/c;1-4(2)3;/h;(H2,1,2,3);1H. The van der Waals surface area contributed by atoms with Crippen molar-refractivity contribution in [3.8, 4) is 0 Å². The summed E-state index contributed by atoms with van der Waals surface area (Å²) in [4.78, 5) is 0. The molecule has 0 atom stereocenters. The summed E-state index contributed by atoms with van der Waals surface area (Å²) in [5, 5.41) is 0. The van der Waals surface area contributed by atoms with Crippen molar-refractivity contribution in [2.45, 2.75) is 0 Å². The fraction of sp³-hybridized carbons (Fsp3) is 0. The fourth-order valence-corrected chi connectivity index (χ4v) is 0. The van der Waals surface area contributed by atoms with Crippen LogP contribution in [-0.2, 0) is 11.4 Å². The molecule has 0 heterocycles. The molecule has 29 valence electrons. The van der Waals surface area contributed by atoms with Crippen molar-refractivity contribution in [1.82, 2.24) is 0 Å². The molecule has 0 fully saturated rings. The second kappa shape index (κ2) is 5.07. The fourth-order valence-electron chi connectivity index (χ4n) is 0. The predicted octanol–water partition coefficient (Wildman–Crippen LogP) is -0.454. The van der Waals surface area contributed by atoms with Crippen LogP contribution in [0.3, 0.4) is 0 Å². The van der Waals surface area contributed by atoms with Crippen LogP contribution < -0.4 is 0 Å². The zero-order valence-electron chi connectivity index (χ0n) is 2.71. The molecule has 0 aromatic rings. The Morgan fingerprint density at radius 3 is 1.60 bits per heavy atom. The molecular weight excluding hydrogens is 103 g/mol. The Balaban J connectivity index is -0.0000000450. The van der Waals surface area contributed by atoms with Gasteiger partial charge in [0.05, 0.1) is 0 Å². The third-order valence-electron chi connectivity index (χ3n) is 0. The molecule has 3 nitrogen and oxygen atoms in total. The Morgan fingerprint density at radius 2 is 1.60 bits per heavy atom. The molecule has 0 aromatic heterocycles. The van der Waals surface area contributed by atoms with E-state index in [2.05, 4.69) is 0 Å². The Labute approximate surface area is 55.7 Å². The average Bonchev–Trinajstić information content (AvgIpc) is 0.811. The maximum absolute atomic E-state index is 8.67. The first kappa shape index (κ1) is 9.42. The molecule has 0 aromatic carbocycles. The van der Waals surface area contributed by atoms with Gasteiger partial charge < -0.3 is 0 Å². The van der Waals surface area contributed by atoms with E-state index in [9.17, 15) is 0 Å². The van der Waals surface area contributed by atoms with Gasteiger partial charge in [0.25, 0.3) is 11.4 Å². The summed E-state index contributed by atoms with van der Waals surface area (Å²) < 4.78 is 22.8. The summed E-state index contributed by atoms with van der Waals surface area (Å²) in [6.45, 7) is 0. The maximum Gasteiger partial charge on any atom is 0.299 e. The number of rotatable bonds is 0. The third-order valence-corrected chi connectivity index (χ3v) is 0. The molecule has 0 spiro atoms. The van der Waals surface area contributed by atoms with Crippen molar-refractivity contribution < 1.29 is 14.7 Å². The Morgan fingerprint density at radius 1 is 1.60 bits per heavy atom. The van der Waals surface area contributed by atoms with Gasteiger partial charge in [-0.1, -0.05) is 0 Å². The van der Waals surface area contributed by atoms with Gasteiger partial charge in [0.15, 0.2) is 0 Å². The zero-order valence-corrected chi connectivity index (χ0v) is 5.53. The molecule has 0 rings (SSSR count). The first-order valence-electron chi connectivity index (χ1n) is 0.532. The summed E-state index contributed by atoms with van der Waals surface area (Å²) in [5.41, 5.74) is 0. The molecule has 0 amide bonds. The van der Waals surface area contributed by atoms with E-state index >= 15 is 0 Å². The maximum atomic E-state index is 8.67. The molecule has 0 unspecified atom stereocenters. The van der Waals surface area contributed by atoms with Gasteiger partial charge in [-0.15, -0.1) is 0 Å². The molecule has 0 saturated heterocycles. The quantitative estimate of drug-likeness (QED) is 0.325. The molecule has 0 aliphatic heterocycles. The first-order chi connectivity index (χ1) is 1.73. The van der Waals surface area contributed by atoms with Crippen LogP contribution in [0.4, 0.5) is 0 Å². The molecule has 5 heteroatoms. The van der Waals surface area contributed by atoms with Gasteiger partial charge in [-0.25, -0.2) is 0 Å². The summed E-state index contributed by atoms with van der Waals surface area (Å²) in [6, 6.07) is 0. The smallest absolute Gasteiger partial charge is 0.284 e. The van der Waals surface area contributed by atoms with E-state index in [1.807, 2.05) is 0 Å². The van der Waals surface area contributed by atoms with Crippen molar-refractivity contribution in [3.63, 3.8) is 0 Å². The minimum atomic E-state index is -2.61. The van der Waals surface area contributed by atoms with Crippen LogP contribution in [0.5, 0.6) is 0 Å². The summed E-state index contributed by atoms with van der Waals surface area (Å²) in [6.07, 6.45) is 0. The van der Waals surface area contributed by atoms with Crippen molar-refractivity contribution >= 4 is 40.9 Å². The van der Waals surface area contributed by atoms with Crippen LogP contribution in [0, 0.1) is 0 Å². The van der Waals surface area contributed by atoms with Crippen LogP contribution in [-0.4, -0.2) is 42.9 Å². The Hall–Kier alpha value is 1.07. The minimum absolute atomic E-state index is 0. The molecule has 0 bridgehead atoms. The molecule has 1 radical (unpaired) electrons. The van der Waals surface area contributed by atoms with E-state index < -0.39 is 11.4 Å². The monoisotopic (exact) mass is 107 g/mol. The van der Waals surface area contributed by atoms with Crippen LogP contribution in [0.1, 0.15) is 1.43 Å². The topological polar surface area (TPSA) is 57.5 Å². The van der Waals surface area contributed by atoms with Crippen LogP contribution in [0.15, 0.2) is 0 Å². The van der Waals surface area contributed by atoms with Gasteiger partial charge in [-0.3, -0.25) is 9.11 Å². The normalized spacial score (nSPS) is 7.00. The van der Waals surface area contributed by atoms with Gasteiger partial charge in [0, 0.05) is 31.0 Å². The van der Waals surface area contributed by atoms with Gasteiger partial charge in [0.2, 0.25) is 0 Å². The van der Waals surface area contributed by atoms with Crippen molar-refractivity contribution in [2.24, 2.45) is 0 Å². The molecule has 0 saturated carbocycles. The summed E-state index contributed by atoms with van der Waals surface area (Å²) in [5.74, 6) is 0. The largest absolute Gasteiger partial charge is 0.299 e. The zero-order chi connectivity index (χ0) is 3.58. The summed E-state index contributed by atoms with van der Waals surface area (Å²) >= 11 is -2.61. The van der Waals surface area contributed by atoms with E-state index in [0.29, 0.717) is 0 Å².